The second kappa shape index (κ2) is 5.77. The van der Waals surface area contributed by atoms with Crippen molar-refractivity contribution in [1.82, 2.24) is 4.83 Å². The van der Waals surface area contributed by atoms with Gasteiger partial charge in [0.2, 0.25) is 0 Å². The van der Waals surface area contributed by atoms with E-state index in [-0.39, 0.29) is 16.4 Å². The molecule has 1 fully saturated rings. The van der Waals surface area contributed by atoms with Crippen molar-refractivity contribution in [3.8, 4) is 0 Å². The van der Waals surface area contributed by atoms with Gasteiger partial charge < -0.3 is 4.74 Å². The minimum atomic E-state index is -3.61. The molecule has 0 saturated heterocycles. The minimum absolute atomic E-state index is 0.102. The van der Waals surface area contributed by atoms with Gasteiger partial charge in [-0.05, 0) is 26.0 Å². The SMILES string of the molecule is CCOC1C/C(=N\NS(=O)(=O)c2ccc(C)cc2)C1(C)C. The lowest BCUT2D eigenvalue weighted by atomic mass is 9.67. The summed E-state index contributed by atoms with van der Waals surface area (Å²) in [5.74, 6) is 0. The van der Waals surface area contributed by atoms with Gasteiger partial charge in [-0.15, -0.1) is 0 Å². The van der Waals surface area contributed by atoms with E-state index >= 15 is 0 Å². The summed E-state index contributed by atoms with van der Waals surface area (Å²) in [7, 11) is -3.61. The van der Waals surface area contributed by atoms with Gasteiger partial charge in [-0.3, -0.25) is 0 Å². The Morgan fingerprint density at radius 3 is 2.48 bits per heavy atom. The fraction of sp³-hybridized carbons (Fsp3) is 0.533. The van der Waals surface area contributed by atoms with Crippen LogP contribution in [0.5, 0.6) is 0 Å². The number of nitrogens with zero attached hydrogens (tertiary/aromatic N) is 1. The van der Waals surface area contributed by atoms with Crippen molar-refractivity contribution in [2.75, 3.05) is 6.61 Å². The van der Waals surface area contributed by atoms with E-state index in [0.717, 1.165) is 11.3 Å². The first kappa shape index (κ1) is 16.0. The fourth-order valence-electron chi connectivity index (χ4n) is 2.29. The maximum Gasteiger partial charge on any atom is 0.276 e. The molecule has 21 heavy (non-hydrogen) atoms. The Hall–Kier alpha value is -1.40. The zero-order chi connectivity index (χ0) is 15.7. The van der Waals surface area contributed by atoms with Crippen LogP contribution in [0.1, 0.15) is 32.8 Å². The highest BCUT2D eigenvalue weighted by molar-refractivity contribution is 7.89. The van der Waals surface area contributed by atoms with E-state index in [0.29, 0.717) is 13.0 Å². The van der Waals surface area contributed by atoms with Crippen molar-refractivity contribution in [2.24, 2.45) is 10.5 Å². The highest BCUT2D eigenvalue weighted by atomic mass is 32.2. The van der Waals surface area contributed by atoms with Crippen LogP contribution in [0.3, 0.4) is 0 Å². The fourth-order valence-corrected chi connectivity index (χ4v) is 3.12. The molecule has 6 heteroatoms. The second-order valence-electron chi connectivity index (χ2n) is 5.84. The monoisotopic (exact) mass is 310 g/mol. The summed E-state index contributed by atoms with van der Waals surface area (Å²) in [6.45, 7) is 8.53. The van der Waals surface area contributed by atoms with E-state index in [1.807, 2.05) is 27.7 Å². The van der Waals surface area contributed by atoms with Crippen LogP contribution in [-0.2, 0) is 14.8 Å². The number of aryl methyl sites for hydroxylation is 1. The number of benzene rings is 1. The third-order valence-corrected chi connectivity index (χ3v) is 5.15. The van der Waals surface area contributed by atoms with E-state index < -0.39 is 10.0 Å². The van der Waals surface area contributed by atoms with Crippen LogP contribution >= 0.6 is 0 Å². The lowest BCUT2D eigenvalue weighted by molar-refractivity contribution is -0.0133. The number of hydrazone groups is 1. The molecule has 0 amide bonds. The van der Waals surface area contributed by atoms with E-state index in [4.69, 9.17) is 4.74 Å². The Bertz CT molecular complexity index is 633. The number of nitrogens with one attached hydrogen (secondary N) is 1. The Labute approximate surface area is 126 Å². The second-order valence-corrected chi connectivity index (χ2v) is 7.50. The molecular weight excluding hydrogens is 288 g/mol. The Balaban J connectivity index is 2.09. The lowest BCUT2D eigenvalue weighted by Crippen LogP contribution is -2.52. The maximum absolute atomic E-state index is 12.2. The van der Waals surface area contributed by atoms with Gasteiger partial charge in [-0.25, -0.2) is 4.83 Å². The number of rotatable bonds is 5. The predicted octanol–water partition coefficient (Wildman–Crippen LogP) is 2.46. The number of hydrogen-bond acceptors (Lipinski definition) is 4. The zero-order valence-electron chi connectivity index (χ0n) is 12.9. The number of hydrogen-bond donors (Lipinski definition) is 1. The highest BCUT2D eigenvalue weighted by Gasteiger charge is 2.46. The summed E-state index contributed by atoms with van der Waals surface area (Å²) in [5.41, 5.74) is 1.60. The Kier molecular flexibility index (Phi) is 4.39. The van der Waals surface area contributed by atoms with Gasteiger partial charge in [-0.1, -0.05) is 31.5 Å². The van der Waals surface area contributed by atoms with Crippen molar-refractivity contribution in [2.45, 2.75) is 45.1 Å². The topological polar surface area (TPSA) is 67.8 Å². The largest absolute Gasteiger partial charge is 0.377 e. The molecule has 0 radical (unpaired) electrons. The molecule has 0 aliphatic heterocycles. The minimum Gasteiger partial charge on any atom is -0.377 e. The van der Waals surface area contributed by atoms with Gasteiger partial charge in [0.05, 0.1) is 11.0 Å². The van der Waals surface area contributed by atoms with Gasteiger partial charge in [-0.2, -0.15) is 13.5 Å². The highest BCUT2D eigenvalue weighted by Crippen LogP contribution is 2.39. The molecule has 1 unspecified atom stereocenters. The predicted molar refractivity (Wildman–Crippen MR) is 82.7 cm³/mol. The summed E-state index contributed by atoms with van der Waals surface area (Å²) < 4.78 is 29.9. The van der Waals surface area contributed by atoms with Crippen molar-refractivity contribution in [1.29, 1.82) is 0 Å². The van der Waals surface area contributed by atoms with E-state index in [1.165, 1.54) is 0 Å². The van der Waals surface area contributed by atoms with E-state index in [9.17, 15) is 8.42 Å². The quantitative estimate of drug-likeness (QED) is 0.850. The molecule has 1 atom stereocenters. The average Bonchev–Trinajstić information content (AvgIpc) is 2.42. The average molecular weight is 310 g/mol. The summed E-state index contributed by atoms with van der Waals surface area (Å²) >= 11 is 0. The first-order valence-electron chi connectivity index (χ1n) is 7.04. The molecular formula is C15H22N2O3S. The van der Waals surface area contributed by atoms with Crippen LogP contribution in [0.4, 0.5) is 0 Å². The molecule has 116 valence electrons. The van der Waals surface area contributed by atoms with Crippen LogP contribution in [0.2, 0.25) is 0 Å². The van der Waals surface area contributed by atoms with Crippen LogP contribution in [0.15, 0.2) is 34.3 Å². The summed E-state index contributed by atoms with van der Waals surface area (Å²) in [5, 5.41) is 4.08. The number of ether oxygens (including phenoxy) is 1. The summed E-state index contributed by atoms with van der Waals surface area (Å²) in [6, 6.07) is 6.68. The summed E-state index contributed by atoms with van der Waals surface area (Å²) in [6.07, 6.45) is 0.766. The molecule has 0 spiro atoms. The number of sulfonamides is 1. The Morgan fingerprint density at radius 1 is 1.33 bits per heavy atom. The van der Waals surface area contributed by atoms with Gasteiger partial charge in [0, 0.05) is 24.2 Å². The molecule has 1 saturated carbocycles. The molecule has 1 aliphatic carbocycles. The molecule has 1 aromatic rings. The molecule has 0 aromatic heterocycles. The van der Waals surface area contributed by atoms with Crippen molar-refractivity contribution < 1.29 is 13.2 Å². The standard InChI is InChI=1S/C15H22N2O3S/c1-5-20-14-10-13(15(14,3)4)16-17-21(18,19)12-8-6-11(2)7-9-12/h6-9,14,17H,5,10H2,1-4H3/b16-13+. The van der Waals surface area contributed by atoms with Crippen molar-refractivity contribution in [3.05, 3.63) is 29.8 Å². The lowest BCUT2D eigenvalue weighted by Gasteiger charge is -2.44. The maximum atomic E-state index is 12.2. The first-order valence-corrected chi connectivity index (χ1v) is 8.53. The third kappa shape index (κ3) is 3.27. The van der Waals surface area contributed by atoms with Gasteiger partial charge in [0.1, 0.15) is 0 Å². The summed E-state index contributed by atoms with van der Waals surface area (Å²) in [4.78, 5) is 2.54. The van der Waals surface area contributed by atoms with Crippen LogP contribution in [0.25, 0.3) is 0 Å². The molecule has 1 aliphatic rings. The van der Waals surface area contributed by atoms with Gasteiger partial charge in [0.25, 0.3) is 10.0 Å². The van der Waals surface area contributed by atoms with Crippen LogP contribution in [0, 0.1) is 12.3 Å². The smallest absolute Gasteiger partial charge is 0.276 e. The molecule has 1 aromatic carbocycles. The van der Waals surface area contributed by atoms with E-state index in [1.54, 1.807) is 24.3 Å². The van der Waals surface area contributed by atoms with Crippen molar-refractivity contribution in [3.63, 3.8) is 0 Å². The molecule has 2 rings (SSSR count). The molecule has 0 heterocycles. The van der Waals surface area contributed by atoms with Gasteiger partial charge in [0.15, 0.2) is 0 Å². The molecule has 1 N–H and O–H groups in total. The zero-order valence-corrected chi connectivity index (χ0v) is 13.7. The van der Waals surface area contributed by atoms with Crippen LogP contribution in [-0.4, -0.2) is 26.8 Å². The van der Waals surface area contributed by atoms with E-state index in [2.05, 4.69) is 9.93 Å². The Morgan fingerprint density at radius 2 is 1.95 bits per heavy atom. The van der Waals surface area contributed by atoms with Gasteiger partial charge >= 0.3 is 0 Å². The first-order chi connectivity index (χ1) is 9.77. The third-order valence-electron chi connectivity index (χ3n) is 3.93. The van der Waals surface area contributed by atoms with Crippen molar-refractivity contribution >= 4 is 15.7 Å². The van der Waals surface area contributed by atoms with Crippen LogP contribution < -0.4 is 4.83 Å². The molecule has 0 bridgehead atoms. The normalized spacial score (nSPS) is 22.9. The molecule has 5 nitrogen and oxygen atoms in total.